The number of ether oxygens (including phenoxy) is 1. The van der Waals surface area contributed by atoms with Gasteiger partial charge < -0.3 is 15.5 Å². The van der Waals surface area contributed by atoms with Crippen LogP contribution in [-0.4, -0.2) is 23.1 Å². The van der Waals surface area contributed by atoms with Gasteiger partial charge in [0.05, 0.1) is 12.3 Å². The van der Waals surface area contributed by atoms with Gasteiger partial charge in [-0.05, 0) is 78.5 Å². The molecule has 0 radical (unpaired) electrons. The molecule has 126 valence electrons. The van der Waals surface area contributed by atoms with E-state index in [0.29, 0.717) is 6.61 Å². The van der Waals surface area contributed by atoms with Gasteiger partial charge in [0.2, 0.25) is 0 Å². The summed E-state index contributed by atoms with van der Waals surface area (Å²) in [7, 11) is 0. The number of hydrogen-bond donors (Lipinski definition) is 2. The number of nitrogens with one attached hydrogen (secondary N) is 1. The molecular formula is C19H22BrN3O. The molecule has 24 heavy (non-hydrogen) atoms. The summed E-state index contributed by atoms with van der Waals surface area (Å²) in [5, 5.41) is 1.22. The summed E-state index contributed by atoms with van der Waals surface area (Å²) in [4.78, 5) is 7.86. The Bertz CT molecular complexity index is 829. The summed E-state index contributed by atoms with van der Waals surface area (Å²) < 4.78 is 6.65. The van der Waals surface area contributed by atoms with Gasteiger partial charge in [-0.2, -0.15) is 0 Å². The van der Waals surface area contributed by atoms with Crippen molar-refractivity contribution in [1.82, 2.24) is 9.97 Å². The molecule has 4 nitrogen and oxygen atoms in total. The molecule has 0 aliphatic carbocycles. The third kappa shape index (κ3) is 3.62. The van der Waals surface area contributed by atoms with Crippen LogP contribution in [0.5, 0.6) is 5.75 Å². The zero-order chi connectivity index (χ0) is 16.9. The average Bonchev–Trinajstić information content (AvgIpc) is 2.94. The number of pyridine rings is 1. The van der Waals surface area contributed by atoms with Crippen LogP contribution in [0.25, 0.3) is 22.2 Å². The zero-order valence-electron chi connectivity index (χ0n) is 13.8. The fourth-order valence-electron chi connectivity index (χ4n) is 2.98. The van der Waals surface area contributed by atoms with E-state index in [1.807, 2.05) is 19.2 Å². The molecule has 0 amide bonds. The zero-order valence-corrected chi connectivity index (χ0v) is 15.4. The van der Waals surface area contributed by atoms with Crippen molar-refractivity contribution in [2.75, 3.05) is 13.2 Å². The van der Waals surface area contributed by atoms with E-state index in [4.69, 9.17) is 10.5 Å². The van der Waals surface area contributed by atoms with Crippen molar-refractivity contribution in [3.63, 3.8) is 0 Å². The standard InChI is InChI=1S/C19H22BrN3O/c1-2-24-15-6-7-18-17(10-15)16(5-3-4-8-21)19(23-18)13-9-14(20)12-22-11-13/h6-7,9-12,23H,2-5,8,21H2,1H3. The second-order valence-electron chi connectivity index (χ2n) is 5.76. The lowest BCUT2D eigenvalue weighted by atomic mass is 10.0. The fraction of sp³-hybridized carbons (Fsp3) is 0.316. The predicted molar refractivity (Wildman–Crippen MR) is 102 cm³/mol. The molecule has 0 spiro atoms. The molecule has 2 heterocycles. The van der Waals surface area contributed by atoms with Gasteiger partial charge in [-0.25, -0.2) is 0 Å². The summed E-state index contributed by atoms with van der Waals surface area (Å²) in [5.41, 5.74) is 10.3. The van der Waals surface area contributed by atoms with Crippen molar-refractivity contribution in [3.8, 4) is 17.0 Å². The number of benzene rings is 1. The quantitative estimate of drug-likeness (QED) is 0.578. The highest BCUT2D eigenvalue weighted by Crippen LogP contribution is 2.34. The van der Waals surface area contributed by atoms with Crippen molar-refractivity contribution in [2.24, 2.45) is 5.73 Å². The number of unbranched alkanes of at least 4 members (excludes halogenated alkanes) is 1. The first kappa shape index (κ1) is 17.0. The maximum Gasteiger partial charge on any atom is 0.120 e. The van der Waals surface area contributed by atoms with E-state index in [-0.39, 0.29) is 0 Å². The molecule has 0 bridgehead atoms. The van der Waals surface area contributed by atoms with Crippen LogP contribution < -0.4 is 10.5 Å². The van der Waals surface area contributed by atoms with E-state index in [2.05, 4.69) is 44.1 Å². The Morgan fingerprint density at radius 2 is 2.08 bits per heavy atom. The smallest absolute Gasteiger partial charge is 0.120 e. The minimum Gasteiger partial charge on any atom is -0.494 e. The summed E-state index contributed by atoms with van der Waals surface area (Å²) >= 11 is 3.51. The van der Waals surface area contributed by atoms with Crippen molar-refractivity contribution in [3.05, 3.63) is 46.7 Å². The number of halogens is 1. The monoisotopic (exact) mass is 387 g/mol. The van der Waals surface area contributed by atoms with Crippen LogP contribution in [0.4, 0.5) is 0 Å². The summed E-state index contributed by atoms with van der Waals surface area (Å²) in [6, 6.07) is 8.31. The highest BCUT2D eigenvalue weighted by molar-refractivity contribution is 9.10. The molecule has 2 aromatic heterocycles. The van der Waals surface area contributed by atoms with E-state index in [1.54, 1.807) is 6.20 Å². The van der Waals surface area contributed by atoms with E-state index >= 15 is 0 Å². The van der Waals surface area contributed by atoms with Gasteiger partial charge in [-0.1, -0.05) is 0 Å². The van der Waals surface area contributed by atoms with Crippen LogP contribution in [0, 0.1) is 0 Å². The summed E-state index contributed by atoms with van der Waals surface area (Å²) in [6.07, 6.45) is 6.76. The Morgan fingerprint density at radius 1 is 1.21 bits per heavy atom. The first-order valence-corrected chi connectivity index (χ1v) is 9.10. The minimum absolute atomic E-state index is 0.668. The average molecular weight is 388 g/mol. The van der Waals surface area contributed by atoms with Gasteiger partial charge in [0.1, 0.15) is 5.75 Å². The predicted octanol–water partition coefficient (Wildman–Crippen LogP) is 4.67. The topological polar surface area (TPSA) is 63.9 Å². The second-order valence-corrected chi connectivity index (χ2v) is 6.67. The number of aromatic nitrogens is 2. The van der Waals surface area contributed by atoms with Gasteiger partial charge in [0, 0.05) is 33.3 Å². The number of nitrogens with two attached hydrogens (primary N) is 1. The van der Waals surface area contributed by atoms with Crippen molar-refractivity contribution >= 4 is 26.8 Å². The van der Waals surface area contributed by atoms with Crippen LogP contribution in [0.3, 0.4) is 0 Å². The normalized spacial score (nSPS) is 11.1. The Morgan fingerprint density at radius 3 is 2.83 bits per heavy atom. The molecule has 0 unspecified atom stereocenters. The van der Waals surface area contributed by atoms with Gasteiger partial charge in [0.25, 0.3) is 0 Å². The van der Waals surface area contributed by atoms with Crippen LogP contribution in [0.2, 0.25) is 0 Å². The van der Waals surface area contributed by atoms with Crippen molar-refractivity contribution in [2.45, 2.75) is 26.2 Å². The van der Waals surface area contributed by atoms with Crippen LogP contribution in [0.15, 0.2) is 41.1 Å². The number of rotatable bonds is 7. The molecule has 3 rings (SSSR count). The third-order valence-corrected chi connectivity index (χ3v) is 4.50. The molecule has 0 atom stereocenters. The lowest BCUT2D eigenvalue weighted by molar-refractivity contribution is 0.340. The molecule has 3 N–H and O–H groups in total. The van der Waals surface area contributed by atoms with Gasteiger partial charge in [0.15, 0.2) is 0 Å². The van der Waals surface area contributed by atoms with Gasteiger partial charge in [-0.15, -0.1) is 0 Å². The lowest BCUT2D eigenvalue weighted by Crippen LogP contribution is -1.99. The molecule has 0 saturated carbocycles. The van der Waals surface area contributed by atoms with Crippen LogP contribution in [0.1, 0.15) is 25.3 Å². The second kappa shape index (κ2) is 7.81. The van der Waals surface area contributed by atoms with E-state index in [1.165, 1.54) is 10.9 Å². The molecular weight excluding hydrogens is 366 g/mol. The highest BCUT2D eigenvalue weighted by atomic mass is 79.9. The van der Waals surface area contributed by atoms with Crippen molar-refractivity contribution < 1.29 is 4.74 Å². The molecule has 0 saturated heterocycles. The largest absolute Gasteiger partial charge is 0.494 e. The number of aryl methyl sites for hydroxylation is 1. The molecule has 0 fully saturated rings. The number of nitrogens with zero attached hydrogens (tertiary/aromatic N) is 1. The lowest BCUT2D eigenvalue weighted by Gasteiger charge is -2.06. The van der Waals surface area contributed by atoms with E-state index < -0.39 is 0 Å². The van der Waals surface area contributed by atoms with Gasteiger partial charge >= 0.3 is 0 Å². The minimum atomic E-state index is 0.668. The highest BCUT2D eigenvalue weighted by Gasteiger charge is 2.14. The molecule has 3 aromatic rings. The Balaban J connectivity index is 2.10. The van der Waals surface area contributed by atoms with Crippen molar-refractivity contribution in [1.29, 1.82) is 0 Å². The maximum absolute atomic E-state index is 5.67. The van der Waals surface area contributed by atoms with E-state index in [9.17, 15) is 0 Å². The van der Waals surface area contributed by atoms with Crippen LogP contribution >= 0.6 is 15.9 Å². The number of aromatic amines is 1. The number of fused-ring (bicyclic) bond motifs is 1. The molecule has 0 aliphatic heterocycles. The summed E-state index contributed by atoms with van der Waals surface area (Å²) in [5.74, 6) is 0.906. The Hall–Kier alpha value is -1.85. The summed E-state index contributed by atoms with van der Waals surface area (Å²) in [6.45, 7) is 3.39. The maximum atomic E-state index is 5.67. The first-order valence-electron chi connectivity index (χ1n) is 8.31. The third-order valence-electron chi connectivity index (χ3n) is 4.06. The molecule has 5 heteroatoms. The molecule has 0 aliphatic rings. The SMILES string of the molecule is CCOc1ccc2[nH]c(-c3cncc(Br)c3)c(CCCCN)c2c1. The van der Waals surface area contributed by atoms with E-state index in [0.717, 1.165) is 52.8 Å². The van der Waals surface area contributed by atoms with Crippen LogP contribution in [-0.2, 0) is 6.42 Å². The Kier molecular flexibility index (Phi) is 5.53. The first-order chi connectivity index (χ1) is 11.7. The fourth-order valence-corrected chi connectivity index (χ4v) is 3.35. The molecule has 1 aromatic carbocycles. The number of H-pyrrole nitrogens is 1. The Labute approximate surface area is 150 Å². The number of hydrogen-bond acceptors (Lipinski definition) is 3. The van der Waals surface area contributed by atoms with Gasteiger partial charge in [-0.3, -0.25) is 4.98 Å².